The fourth-order valence-electron chi connectivity index (χ4n) is 3.47. The summed E-state index contributed by atoms with van der Waals surface area (Å²) in [6.45, 7) is 0. The number of rotatable bonds is 7. The second kappa shape index (κ2) is 8.79. The molecule has 148 valence electrons. The maximum absolute atomic E-state index is 15.1. The first-order valence-corrected chi connectivity index (χ1v) is 10.1. The van der Waals surface area contributed by atoms with Gasteiger partial charge in [0.15, 0.2) is 11.6 Å². The smallest absolute Gasteiger partial charge is 0.165 e. The van der Waals surface area contributed by atoms with Crippen LogP contribution in [0.2, 0.25) is 5.02 Å². The summed E-state index contributed by atoms with van der Waals surface area (Å²) < 4.78 is 34.8. The molecule has 0 amide bonds. The average molecular weight is 411 g/mol. The molecule has 1 unspecified atom stereocenters. The summed E-state index contributed by atoms with van der Waals surface area (Å²) >= 11 is 5.97. The first-order chi connectivity index (χ1) is 14.1. The van der Waals surface area contributed by atoms with E-state index in [-0.39, 0.29) is 17.5 Å². The monoisotopic (exact) mass is 410 g/mol. The van der Waals surface area contributed by atoms with Gasteiger partial charge in [-0.1, -0.05) is 48.0 Å². The van der Waals surface area contributed by atoms with Gasteiger partial charge >= 0.3 is 0 Å². The molecule has 0 N–H and O–H groups in total. The number of allylic oxidation sites excluding steroid dienone is 2. The van der Waals surface area contributed by atoms with Gasteiger partial charge in [-0.05, 0) is 78.8 Å². The molecule has 0 heterocycles. The molecular formula is C25H21ClF2O. The molecule has 1 nitrogen and oxygen atoms in total. The van der Waals surface area contributed by atoms with Crippen LogP contribution < -0.4 is 4.74 Å². The van der Waals surface area contributed by atoms with Crippen LogP contribution in [0.1, 0.15) is 29.9 Å². The van der Waals surface area contributed by atoms with Crippen molar-refractivity contribution in [2.24, 2.45) is 5.92 Å². The molecule has 3 aromatic carbocycles. The molecule has 0 aromatic heterocycles. The maximum Gasteiger partial charge on any atom is 0.165 e. The fraction of sp³-hybridized carbons (Fsp3) is 0.200. The minimum absolute atomic E-state index is 0.138. The molecule has 3 aromatic rings. The summed E-state index contributed by atoms with van der Waals surface area (Å²) in [4.78, 5) is 0. The zero-order valence-corrected chi connectivity index (χ0v) is 16.6. The van der Waals surface area contributed by atoms with E-state index in [9.17, 15) is 4.39 Å². The van der Waals surface area contributed by atoms with E-state index in [1.54, 1.807) is 42.5 Å². The Morgan fingerprint density at radius 3 is 2.45 bits per heavy atom. The van der Waals surface area contributed by atoms with Crippen molar-refractivity contribution in [1.82, 2.24) is 0 Å². The molecule has 1 aliphatic rings. The highest BCUT2D eigenvalue weighted by Gasteiger charge is 2.35. The van der Waals surface area contributed by atoms with E-state index in [0.717, 1.165) is 24.0 Å². The van der Waals surface area contributed by atoms with Crippen LogP contribution in [0.4, 0.5) is 8.78 Å². The van der Waals surface area contributed by atoms with Gasteiger partial charge in [-0.25, -0.2) is 8.78 Å². The highest BCUT2D eigenvalue weighted by Crippen LogP contribution is 2.47. The summed E-state index contributed by atoms with van der Waals surface area (Å²) in [6, 6.07) is 21.1. The number of hydrogen-bond donors (Lipinski definition) is 0. The van der Waals surface area contributed by atoms with Crippen molar-refractivity contribution in [3.8, 4) is 11.5 Å². The maximum atomic E-state index is 15.1. The third-order valence-electron chi connectivity index (χ3n) is 5.12. The van der Waals surface area contributed by atoms with Crippen LogP contribution >= 0.6 is 11.6 Å². The Labute approximate surface area is 174 Å². The summed E-state index contributed by atoms with van der Waals surface area (Å²) in [6.07, 6.45) is 4.02. The largest absolute Gasteiger partial charge is 0.454 e. The Bertz CT molecular complexity index is 995. The molecule has 1 saturated carbocycles. The summed E-state index contributed by atoms with van der Waals surface area (Å²) in [7, 11) is 0. The topological polar surface area (TPSA) is 9.23 Å². The van der Waals surface area contributed by atoms with Crippen LogP contribution in [-0.2, 0) is 6.42 Å². The predicted octanol–water partition coefficient (Wildman–Crippen LogP) is 7.86. The van der Waals surface area contributed by atoms with Gasteiger partial charge in [0.25, 0.3) is 0 Å². The number of hydrogen-bond acceptors (Lipinski definition) is 1. The van der Waals surface area contributed by atoms with Gasteiger partial charge in [-0.2, -0.15) is 0 Å². The molecule has 1 aliphatic carbocycles. The van der Waals surface area contributed by atoms with Crippen molar-refractivity contribution >= 4 is 11.6 Å². The molecule has 4 rings (SSSR count). The number of halogens is 3. The molecule has 0 spiro atoms. The second-order valence-corrected chi connectivity index (χ2v) is 7.78. The third-order valence-corrected chi connectivity index (χ3v) is 5.37. The van der Waals surface area contributed by atoms with Crippen LogP contribution in [0.5, 0.6) is 11.5 Å². The van der Waals surface area contributed by atoms with Crippen LogP contribution in [-0.4, -0.2) is 0 Å². The molecule has 29 heavy (non-hydrogen) atoms. The second-order valence-electron chi connectivity index (χ2n) is 7.34. The average Bonchev–Trinajstić information content (AvgIpc) is 3.56. The Morgan fingerprint density at radius 2 is 1.76 bits per heavy atom. The van der Waals surface area contributed by atoms with Gasteiger partial charge in [-0.15, -0.1) is 0 Å². The van der Waals surface area contributed by atoms with E-state index >= 15 is 4.39 Å². The lowest BCUT2D eigenvalue weighted by Crippen LogP contribution is -2.03. The molecule has 4 heteroatoms. The van der Waals surface area contributed by atoms with Crippen molar-refractivity contribution in [1.29, 1.82) is 0 Å². The van der Waals surface area contributed by atoms with E-state index in [2.05, 4.69) is 0 Å². The minimum Gasteiger partial charge on any atom is -0.454 e. The van der Waals surface area contributed by atoms with Gasteiger partial charge in [0.1, 0.15) is 11.6 Å². The Balaban J connectivity index is 1.51. The van der Waals surface area contributed by atoms with Gasteiger partial charge in [0.05, 0.1) is 0 Å². The Hall–Kier alpha value is -2.65. The number of para-hydroxylation sites is 1. The Morgan fingerprint density at radius 1 is 1.03 bits per heavy atom. The molecule has 0 aliphatic heterocycles. The third kappa shape index (κ3) is 5.04. The molecule has 0 radical (unpaired) electrons. The minimum atomic E-state index is -0.445. The summed E-state index contributed by atoms with van der Waals surface area (Å²) in [5.41, 5.74) is 1.73. The van der Waals surface area contributed by atoms with Crippen LogP contribution in [0, 0.1) is 11.7 Å². The van der Waals surface area contributed by atoms with Crippen LogP contribution in [0.15, 0.2) is 84.7 Å². The molecular weight excluding hydrogens is 390 g/mol. The standard InChI is InChI=1S/C25H21ClF2O/c26-20-12-10-19(11-13-20)25(18-8-9-18)23(28)15-7-17-6-14-22(27)24(16-17)29-21-4-2-1-3-5-21/h1-6,10-16,18,25H,7-9H2/b23-15-. The molecule has 1 atom stereocenters. The zero-order valence-electron chi connectivity index (χ0n) is 15.8. The molecule has 0 saturated heterocycles. The Kier molecular flexibility index (Phi) is 5.96. The van der Waals surface area contributed by atoms with Crippen LogP contribution in [0.3, 0.4) is 0 Å². The fourth-order valence-corrected chi connectivity index (χ4v) is 3.59. The van der Waals surface area contributed by atoms with Gasteiger partial charge in [-0.3, -0.25) is 0 Å². The predicted molar refractivity (Wildman–Crippen MR) is 113 cm³/mol. The van der Waals surface area contributed by atoms with Crippen molar-refractivity contribution < 1.29 is 13.5 Å². The van der Waals surface area contributed by atoms with Crippen molar-refractivity contribution in [2.45, 2.75) is 25.2 Å². The highest BCUT2D eigenvalue weighted by molar-refractivity contribution is 6.30. The van der Waals surface area contributed by atoms with E-state index in [1.807, 2.05) is 30.3 Å². The summed E-state index contributed by atoms with van der Waals surface area (Å²) in [5, 5.41) is 0.643. The number of ether oxygens (including phenoxy) is 1. The molecule has 0 bridgehead atoms. The van der Waals surface area contributed by atoms with Gasteiger partial charge in [0, 0.05) is 10.9 Å². The lowest BCUT2D eigenvalue weighted by molar-refractivity contribution is 0.441. The first kappa shape index (κ1) is 19.7. The molecule has 1 fully saturated rings. The van der Waals surface area contributed by atoms with Gasteiger partial charge < -0.3 is 4.74 Å². The quantitative estimate of drug-likeness (QED) is 0.385. The van der Waals surface area contributed by atoms with Crippen LogP contribution in [0.25, 0.3) is 0 Å². The van der Waals surface area contributed by atoms with E-state index in [4.69, 9.17) is 16.3 Å². The van der Waals surface area contributed by atoms with E-state index in [0.29, 0.717) is 23.1 Å². The van der Waals surface area contributed by atoms with E-state index in [1.165, 1.54) is 6.07 Å². The van der Waals surface area contributed by atoms with E-state index < -0.39 is 5.82 Å². The van der Waals surface area contributed by atoms with Gasteiger partial charge in [0.2, 0.25) is 0 Å². The van der Waals surface area contributed by atoms with Crippen molar-refractivity contribution in [3.63, 3.8) is 0 Å². The van der Waals surface area contributed by atoms with Crippen molar-refractivity contribution in [3.05, 3.63) is 107 Å². The lowest BCUT2D eigenvalue weighted by Gasteiger charge is -2.15. The zero-order chi connectivity index (χ0) is 20.2. The first-order valence-electron chi connectivity index (χ1n) is 9.72. The SMILES string of the molecule is F/C(=C\Cc1ccc(F)c(Oc2ccccc2)c1)C(c1ccc(Cl)cc1)C1CC1. The summed E-state index contributed by atoms with van der Waals surface area (Å²) in [5.74, 6) is 0.190. The van der Waals surface area contributed by atoms with Crippen molar-refractivity contribution in [2.75, 3.05) is 0 Å². The lowest BCUT2D eigenvalue weighted by atomic mass is 9.92. The normalized spacial score (nSPS) is 15.2. The number of benzene rings is 3. The highest BCUT2D eigenvalue weighted by atomic mass is 35.5.